The molecule has 1 aliphatic rings. The number of carbonyl (C=O) groups excluding carboxylic acids is 1. The van der Waals surface area contributed by atoms with Gasteiger partial charge in [0.05, 0.1) is 5.57 Å². The van der Waals surface area contributed by atoms with Crippen molar-refractivity contribution in [3.63, 3.8) is 0 Å². The number of hydrogen-bond acceptors (Lipinski definition) is 3. The molecule has 0 aromatic rings. The molecule has 0 unspecified atom stereocenters. The Kier molecular flexibility index (Phi) is 2.87. The van der Waals surface area contributed by atoms with E-state index in [0.717, 1.165) is 12.8 Å². The summed E-state index contributed by atoms with van der Waals surface area (Å²) >= 11 is 0. The van der Waals surface area contributed by atoms with Crippen LogP contribution in [0.2, 0.25) is 0 Å². The molecule has 1 saturated heterocycles. The van der Waals surface area contributed by atoms with E-state index in [4.69, 9.17) is 4.74 Å². The number of esters is 1. The van der Waals surface area contributed by atoms with Gasteiger partial charge < -0.3 is 9.84 Å². The highest BCUT2D eigenvalue weighted by atomic mass is 16.6. The largest absolute Gasteiger partial charge is 0.456 e. The second kappa shape index (κ2) is 3.72. The summed E-state index contributed by atoms with van der Waals surface area (Å²) in [7, 11) is 0. The van der Waals surface area contributed by atoms with Crippen molar-refractivity contribution in [2.45, 2.75) is 38.9 Å². The molecule has 3 heteroatoms. The molecule has 0 aliphatic carbocycles. The Morgan fingerprint density at radius 3 is 2.75 bits per heavy atom. The van der Waals surface area contributed by atoms with Crippen LogP contribution in [0.3, 0.4) is 0 Å². The maximum atomic E-state index is 11.1. The van der Waals surface area contributed by atoms with Gasteiger partial charge in [0.15, 0.2) is 0 Å². The summed E-state index contributed by atoms with van der Waals surface area (Å²) < 4.78 is 4.83. The topological polar surface area (TPSA) is 46.5 Å². The molecule has 0 spiro atoms. The Labute approximate surface area is 72.0 Å². The molecule has 0 radical (unpaired) electrons. The summed E-state index contributed by atoms with van der Waals surface area (Å²) in [6, 6.07) is 0. The maximum absolute atomic E-state index is 11.1. The zero-order valence-corrected chi connectivity index (χ0v) is 7.41. The third kappa shape index (κ3) is 1.67. The fraction of sp³-hybridized carbons (Fsp3) is 0.667. The number of allylic oxidation sites excluding steroid dienone is 1. The first kappa shape index (κ1) is 9.26. The van der Waals surface area contributed by atoms with Gasteiger partial charge >= 0.3 is 5.97 Å². The van der Waals surface area contributed by atoms with Crippen LogP contribution >= 0.6 is 0 Å². The molecule has 1 fully saturated rings. The summed E-state index contributed by atoms with van der Waals surface area (Å²) in [5.41, 5.74) is 0.421. The highest BCUT2D eigenvalue weighted by molar-refractivity contribution is 5.92. The Hall–Kier alpha value is -0.830. The van der Waals surface area contributed by atoms with Gasteiger partial charge in [-0.05, 0) is 13.3 Å². The van der Waals surface area contributed by atoms with Crippen LogP contribution in [0.25, 0.3) is 0 Å². The minimum Gasteiger partial charge on any atom is -0.456 e. The van der Waals surface area contributed by atoms with Crippen molar-refractivity contribution in [2.24, 2.45) is 0 Å². The normalized spacial score (nSPS) is 32.6. The second-order valence-electron chi connectivity index (χ2n) is 3.00. The van der Waals surface area contributed by atoms with Crippen molar-refractivity contribution in [3.05, 3.63) is 11.6 Å². The minimum atomic E-state index is -0.732. The third-order valence-electron chi connectivity index (χ3n) is 1.94. The van der Waals surface area contributed by atoms with E-state index in [1.165, 1.54) is 0 Å². The summed E-state index contributed by atoms with van der Waals surface area (Å²) in [6.45, 7) is 3.71. The fourth-order valence-electron chi connectivity index (χ4n) is 1.18. The van der Waals surface area contributed by atoms with E-state index in [2.05, 4.69) is 0 Å². The molecule has 3 nitrogen and oxygen atoms in total. The van der Waals surface area contributed by atoms with E-state index >= 15 is 0 Å². The van der Waals surface area contributed by atoms with Crippen LogP contribution in [0.15, 0.2) is 11.6 Å². The molecule has 1 aliphatic heterocycles. The maximum Gasteiger partial charge on any atom is 0.336 e. The lowest BCUT2D eigenvalue weighted by Gasteiger charge is -2.04. The number of unbranched alkanes of at least 4 members (excludes halogenated alkanes) is 1. The number of rotatable bonds is 2. The van der Waals surface area contributed by atoms with Crippen molar-refractivity contribution in [2.75, 3.05) is 0 Å². The number of ether oxygens (including phenoxy) is 1. The number of aliphatic hydroxyl groups is 1. The van der Waals surface area contributed by atoms with Crippen molar-refractivity contribution in [1.29, 1.82) is 0 Å². The lowest BCUT2D eigenvalue weighted by molar-refractivity contribution is -0.138. The van der Waals surface area contributed by atoms with Gasteiger partial charge in [-0.15, -0.1) is 0 Å². The van der Waals surface area contributed by atoms with Crippen LogP contribution in [0.1, 0.15) is 26.7 Å². The second-order valence-corrected chi connectivity index (χ2v) is 3.00. The summed E-state index contributed by atoms with van der Waals surface area (Å²) in [4.78, 5) is 11.1. The minimum absolute atomic E-state index is 0.372. The molecule has 1 heterocycles. The number of aliphatic hydroxyl groups excluding tert-OH is 1. The molecule has 68 valence electrons. The monoisotopic (exact) mass is 170 g/mol. The first-order valence-corrected chi connectivity index (χ1v) is 4.26. The average molecular weight is 170 g/mol. The highest BCUT2D eigenvalue weighted by Gasteiger charge is 2.34. The summed E-state index contributed by atoms with van der Waals surface area (Å²) in [5.74, 6) is -0.372. The summed E-state index contributed by atoms with van der Waals surface area (Å²) in [6.07, 6.45) is 2.42. The van der Waals surface area contributed by atoms with Gasteiger partial charge in [-0.25, -0.2) is 4.79 Å². The van der Waals surface area contributed by atoms with Crippen molar-refractivity contribution in [3.8, 4) is 0 Å². The van der Waals surface area contributed by atoms with E-state index in [0.29, 0.717) is 5.57 Å². The van der Waals surface area contributed by atoms with Crippen LogP contribution < -0.4 is 0 Å². The van der Waals surface area contributed by atoms with Gasteiger partial charge in [-0.2, -0.15) is 0 Å². The predicted molar refractivity (Wildman–Crippen MR) is 44.6 cm³/mol. The van der Waals surface area contributed by atoms with E-state index in [1.54, 1.807) is 13.0 Å². The number of carbonyl (C=O) groups is 1. The Balaban J connectivity index is 2.69. The molecule has 0 amide bonds. The molecule has 0 aromatic carbocycles. The molecule has 0 saturated carbocycles. The molecule has 12 heavy (non-hydrogen) atoms. The Morgan fingerprint density at radius 1 is 1.67 bits per heavy atom. The van der Waals surface area contributed by atoms with E-state index in [-0.39, 0.29) is 12.1 Å². The highest BCUT2D eigenvalue weighted by Crippen LogP contribution is 2.21. The quantitative estimate of drug-likeness (QED) is 0.497. The SMILES string of the molecule is CCC/C=C1\C(=O)O[C@@H](C)[C@@H]1O. The molecular formula is C9H14O3. The van der Waals surface area contributed by atoms with Gasteiger partial charge in [0.1, 0.15) is 12.2 Å². The van der Waals surface area contributed by atoms with Crippen molar-refractivity contribution in [1.82, 2.24) is 0 Å². The van der Waals surface area contributed by atoms with Gasteiger partial charge in [0, 0.05) is 0 Å². The lowest BCUT2D eigenvalue weighted by Crippen LogP contribution is -2.17. The fourth-order valence-corrected chi connectivity index (χ4v) is 1.18. The number of hydrogen-bond donors (Lipinski definition) is 1. The van der Waals surface area contributed by atoms with E-state index in [9.17, 15) is 9.90 Å². The van der Waals surface area contributed by atoms with Crippen LogP contribution in [0.5, 0.6) is 0 Å². The van der Waals surface area contributed by atoms with Gasteiger partial charge in [-0.1, -0.05) is 19.4 Å². The lowest BCUT2D eigenvalue weighted by atomic mass is 10.1. The van der Waals surface area contributed by atoms with Crippen LogP contribution in [-0.2, 0) is 9.53 Å². The zero-order chi connectivity index (χ0) is 9.14. The molecule has 1 rings (SSSR count). The number of cyclic esters (lactones) is 1. The molecule has 0 bridgehead atoms. The molecule has 2 atom stereocenters. The van der Waals surface area contributed by atoms with Crippen molar-refractivity contribution < 1.29 is 14.6 Å². The molecular weight excluding hydrogens is 156 g/mol. The van der Waals surface area contributed by atoms with Crippen molar-refractivity contribution >= 4 is 5.97 Å². The Morgan fingerprint density at radius 2 is 2.33 bits per heavy atom. The van der Waals surface area contributed by atoms with E-state index in [1.807, 2.05) is 6.92 Å². The Bertz CT molecular complexity index is 208. The summed E-state index contributed by atoms with van der Waals surface area (Å²) in [5, 5.41) is 9.44. The molecule has 1 N–H and O–H groups in total. The first-order chi connectivity index (χ1) is 5.66. The van der Waals surface area contributed by atoms with Crippen LogP contribution in [-0.4, -0.2) is 23.3 Å². The van der Waals surface area contributed by atoms with Crippen LogP contribution in [0, 0.1) is 0 Å². The van der Waals surface area contributed by atoms with Crippen LogP contribution in [0.4, 0.5) is 0 Å². The first-order valence-electron chi connectivity index (χ1n) is 4.26. The van der Waals surface area contributed by atoms with Gasteiger partial charge in [0.25, 0.3) is 0 Å². The van der Waals surface area contributed by atoms with Gasteiger partial charge in [0.2, 0.25) is 0 Å². The molecule has 0 aromatic heterocycles. The smallest absolute Gasteiger partial charge is 0.336 e. The van der Waals surface area contributed by atoms with Gasteiger partial charge in [-0.3, -0.25) is 0 Å². The predicted octanol–water partition coefficient (Wildman–Crippen LogP) is 1.02. The average Bonchev–Trinajstić information content (AvgIpc) is 2.25. The zero-order valence-electron chi connectivity index (χ0n) is 7.41. The van der Waals surface area contributed by atoms with E-state index < -0.39 is 6.10 Å². The third-order valence-corrected chi connectivity index (χ3v) is 1.94. The standard InChI is InChI=1S/C9H14O3/c1-3-4-5-7-8(10)6(2)12-9(7)11/h5-6,8,10H,3-4H2,1-2H3/b7-5-/t6-,8-/m0/s1.